The molecular formula is C12H13N. The molecule has 0 atom stereocenters. The second-order valence-electron chi connectivity index (χ2n) is 3.25. The first kappa shape index (κ1) is 9.54. The highest BCUT2D eigenvalue weighted by Crippen LogP contribution is 2.21. The quantitative estimate of drug-likeness (QED) is 0.626. The predicted molar refractivity (Wildman–Crippen MR) is 54.9 cm³/mol. The normalized spacial score (nSPS) is 11.4. The summed E-state index contributed by atoms with van der Waals surface area (Å²) in [6.45, 7) is 4.19. The van der Waals surface area contributed by atoms with Crippen LogP contribution in [0.25, 0.3) is 5.57 Å². The standard InChI is InChI=1S/C12H13N/c1-10(2)12(8-9-13)11-6-4-3-5-7-11/h3-8,10H,1-2H3/b12-8-. The number of nitrogens with zero attached hydrogens (tertiary/aromatic N) is 1. The average Bonchev–Trinajstić information content (AvgIpc) is 2.15. The largest absolute Gasteiger partial charge is 0.193 e. The van der Waals surface area contributed by atoms with Crippen LogP contribution in [0.4, 0.5) is 0 Å². The maximum absolute atomic E-state index is 8.62. The zero-order chi connectivity index (χ0) is 9.68. The van der Waals surface area contributed by atoms with Crippen molar-refractivity contribution < 1.29 is 0 Å². The van der Waals surface area contributed by atoms with Crippen LogP contribution in [0.1, 0.15) is 19.4 Å². The van der Waals surface area contributed by atoms with Crippen LogP contribution in [0.5, 0.6) is 0 Å². The summed E-state index contributed by atoms with van der Waals surface area (Å²) < 4.78 is 0. The molecule has 0 fully saturated rings. The molecule has 1 rings (SSSR count). The number of allylic oxidation sites excluding steroid dienone is 2. The Bertz CT molecular complexity index is 328. The summed E-state index contributed by atoms with van der Waals surface area (Å²) in [6, 6.07) is 12.1. The zero-order valence-electron chi connectivity index (χ0n) is 7.99. The van der Waals surface area contributed by atoms with Crippen LogP contribution >= 0.6 is 0 Å². The molecule has 0 radical (unpaired) electrons. The molecule has 0 amide bonds. The second kappa shape index (κ2) is 4.47. The van der Waals surface area contributed by atoms with Gasteiger partial charge in [-0.05, 0) is 17.1 Å². The summed E-state index contributed by atoms with van der Waals surface area (Å²) in [4.78, 5) is 0. The third kappa shape index (κ3) is 2.45. The van der Waals surface area contributed by atoms with Gasteiger partial charge in [-0.15, -0.1) is 0 Å². The van der Waals surface area contributed by atoms with Crippen molar-refractivity contribution in [1.29, 1.82) is 5.26 Å². The molecule has 0 aliphatic carbocycles. The summed E-state index contributed by atoms with van der Waals surface area (Å²) in [5, 5.41) is 8.62. The smallest absolute Gasteiger partial charge is 0.0915 e. The van der Waals surface area contributed by atoms with E-state index in [1.54, 1.807) is 6.08 Å². The van der Waals surface area contributed by atoms with Crippen LogP contribution in [-0.4, -0.2) is 0 Å². The number of nitriles is 1. The lowest BCUT2D eigenvalue weighted by Gasteiger charge is -2.09. The first-order valence-electron chi connectivity index (χ1n) is 4.41. The van der Waals surface area contributed by atoms with E-state index in [1.807, 2.05) is 30.3 Å². The number of rotatable bonds is 2. The van der Waals surface area contributed by atoms with Gasteiger partial charge in [0.15, 0.2) is 0 Å². The van der Waals surface area contributed by atoms with E-state index in [2.05, 4.69) is 19.9 Å². The Morgan fingerprint density at radius 1 is 1.31 bits per heavy atom. The van der Waals surface area contributed by atoms with Crippen molar-refractivity contribution in [3.05, 3.63) is 42.0 Å². The lowest BCUT2D eigenvalue weighted by Crippen LogP contribution is -1.92. The number of benzene rings is 1. The third-order valence-corrected chi connectivity index (χ3v) is 1.95. The van der Waals surface area contributed by atoms with E-state index >= 15 is 0 Å². The molecule has 1 nitrogen and oxygen atoms in total. The molecule has 1 aromatic carbocycles. The maximum atomic E-state index is 8.62. The highest BCUT2D eigenvalue weighted by atomic mass is 14.2. The Morgan fingerprint density at radius 3 is 2.38 bits per heavy atom. The summed E-state index contributed by atoms with van der Waals surface area (Å²) in [5.74, 6) is 0.391. The summed E-state index contributed by atoms with van der Waals surface area (Å²) in [5.41, 5.74) is 2.24. The molecular weight excluding hydrogens is 158 g/mol. The molecule has 66 valence electrons. The van der Waals surface area contributed by atoms with Gasteiger partial charge in [0.05, 0.1) is 6.07 Å². The van der Waals surface area contributed by atoms with Crippen molar-refractivity contribution >= 4 is 5.57 Å². The molecule has 0 heterocycles. The van der Waals surface area contributed by atoms with Gasteiger partial charge in [0.1, 0.15) is 0 Å². The van der Waals surface area contributed by atoms with Crippen LogP contribution < -0.4 is 0 Å². The Labute approximate surface area is 79.3 Å². The first-order chi connectivity index (χ1) is 6.25. The van der Waals surface area contributed by atoms with Gasteiger partial charge in [-0.25, -0.2) is 0 Å². The van der Waals surface area contributed by atoms with Gasteiger partial charge in [0, 0.05) is 6.08 Å². The van der Waals surface area contributed by atoms with E-state index in [4.69, 9.17) is 5.26 Å². The number of hydrogen-bond acceptors (Lipinski definition) is 1. The van der Waals surface area contributed by atoms with Gasteiger partial charge in [0.25, 0.3) is 0 Å². The molecule has 13 heavy (non-hydrogen) atoms. The van der Waals surface area contributed by atoms with Crippen LogP contribution in [0, 0.1) is 17.2 Å². The van der Waals surface area contributed by atoms with Gasteiger partial charge in [-0.2, -0.15) is 5.26 Å². The topological polar surface area (TPSA) is 23.8 Å². The summed E-state index contributed by atoms with van der Waals surface area (Å²) in [7, 11) is 0. The molecule has 0 aromatic heterocycles. The fourth-order valence-corrected chi connectivity index (χ4v) is 1.28. The lowest BCUT2D eigenvalue weighted by molar-refractivity contribution is 0.856. The van der Waals surface area contributed by atoms with Gasteiger partial charge in [-0.1, -0.05) is 44.2 Å². The van der Waals surface area contributed by atoms with Crippen LogP contribution in [0.15, 0.2) is 36.4 Å². The SMILES string of the molecule is CC(C)/C(=C/C#N)c1ccccc1. The molecule has 0 aliphatic heterocycles. The van der Waals surface area contributed by atoms with E-state index in [9.17, 15) is 0 Å². The molecule has 1 heteroatoms. The van der Waals surface area contributed by atoms with Crippen LogP contribution in [0.2, 0.25) is 0 Å². The molecule has 1 aromatic rings. The Morgan fingerprint density at radius 2 is 1.92 bits per heavy atom. The van der Waals surface area contributed by atoms with Crippen molar-refractivity contribution in [2.75, 3.05) is 0 Å². The Kier molecular flexibility index (Phi) is 3.28. The monoisotopic (exact) mass is 171 g/mol. The highest BCUT2D eigenvalue weighted by molar-refractivity contribution is 5.68. The maximum Gasteiger partial charge on any atom is 0.0915 e. The second-order valence-corrected chi connectivity index (χ2v) is 3.25. The summed E-state index contributed by atoms with van der Waals surface area (Å²) >= 11 is 0. The Hall–Kier alpha value is -1.55. The molecule has 0 saturated heterocycles. The molecule has 0 bridgehead atoms. The fourth-order valence-electron chi connectivity index (χ4n) is 1.28. The zero-order valence-corrected chi connectivity index (χ0v) is 7.99. The minimum Gasteiger partial charge on any atom is -0.193 e. The van der Waals surface area contributed by atoms with E-state index in [0.717, 1.165) is 11.1 Å². The molecule has 0 N–H and O–H groups in total. The first-order valence-corrected chi connectivity index (χ1v) is 4.41. The Balaban J connectivity index is 3.05. The predicted octanol–water partition coefficient (Wildman–Crippen LogP) is 3.25. The van der Waals surface area contributed by atoms with Gasteiger partial charge in [0.2, 0.25) is 0 Å². The van der Waals surface area contributed by atoms with E-state index in [0.29, 0.717) is 5.92 Å². The van der Waals surface area contributed by atoms with Crippen LogP contribution in [0.3, 0.4) is 0 Å². The highest BCUT2D eigenvalue weighted by Gasteiger charge is 2.04. The molecule has 0 saturated carbocycles. The van der Waals surface area contributed by atoms with E-state index in [1.165, 1.54) is 0 Å². The molecule has 0 unspecified atom stereocenters. The minimum atomic E-state index is 0.391. The van der Waals surface area contributed by atoms with Gasteiger partial charge in [-0.3, -0.25) is 0 Å². The van der Waals surface area contributed by atoms with E-state index < -0.39 is 0 Å². The van der Waals surface area contributed by atoms with Gasteiger partial charge >= 0.3 is 0 Å². The minimum absolute atomic E-state index is 0.391. The van der Waals surface area contributed by atoms with Crippen molar-refractivity contribution in [2.45, 2.75) is 13.8 Å². The third-order valence-electron chi connectivity index (χ3n) is 1.95. The van der Waals surface area contributed by atoms with Crippen molar-refractivity contribution in [3.8, 4) is 6.07 Å². The summed E-state index contributed by atoms with van der Waals surface area (Å²) in [6.07, 6.45) is 1.62. The lowest BCUT2D eigenvalue weighted by atomic mass is 9.95. The molecule has 0 spiro atoms. The number of hydrogen-bond donors (Lipinski definition) is 0. The van der Waals surface area contributed by atoms with E-state index in [-0.39, 0.29) is 0 Å². The van der Waals surface area contributed by atoms with Crippen molar-refractivity contribution in [1.82, 2.24) is 0 Å². The van der Waals surface area contributed by atoms with Crippen molar-refractivity contribution in [2.24, 2.45) is 5.92 Å². The fraction of sp³-hybridized carbons (Fsp3) is 0.250. The molecule has 0 aliphatic rings. The van der Waals surface area contributed by atoms with Crippen LogP contribution in [-0.2, 0) is 0 Å². The van der Waals surface area contributed by atoms with Gasteiger partial charge < -0.3 is 0 Å². The van der Waals surface area contributed by atoms with Crippen molar-refractivity contribution in [3.63, 3.8) is 0 Å². The average molecular weight is 171 g/mol.